The minimum Gasteiger partial charge on any atom is -0.391 e. The van der Waals surface area contributed by atoms with E-state index in [2.05, 4.69) is 5.16 Å². The van der Waals surface area contributed by atoms with Crippen LogP contribution in [0.4, 0.5) is 0 Å². The van der Waals surface area contributed by atoms with E-state index in [1.165, 1.54) is 6.92 Å². The van der Waals surface area contributed by atoms with Gasteiger partial charge < -0.3 is 4.84 Å². The summed E-state index contributed by atoms with van der Waals surface area (Å²) in [6.45, 7) is 3.39. The van der Waals surface area contributed by atoms with E-state index in [0.717, 1.165) is 5.56 Å². The Bertz CT molecular complexity index is 424. The summed E-state index contributed by atoms with van der Waals surface area (Å²) in [5.41, 5.74) is 1.05. The van der Waals surface area contributed by atoms with Gasteiger partial charge in [-0.25, -0.2) is 0 Å². The van der Waals surface area contributed by atoms with Crippen LogP contribution in [0.25, 0.3) is 0 Å². The highest BCUT2D eigenvalue weighted by Gasteiger charge is 2.14. The molecule has 0 atom stereocenters. The number of rotatable bonds is 6. The maximum atomic E-state index is 11.4. The lowest BCUT2D eigenvalue weighted by Crippen LogP contribution is -2.20. The molecule has 90 valence electrons. The van der Waals surface area contributed by atoms with E-state index in [1.54, 1.807) is 6.92 Å². The monoisotopic (exact) mass is 233 g/mol. The Kier molecular flexibility index (Phi) is 5.07. The van der Waals surface area contributed by atoms with Crippen molar-refractivity contribution in [3.8, 4) is 0 Å². The first-order chi connectivity index (χ1) is 8.15. The molecule has 0 spiro atoms. The maximum absolute atomic E-state index is 11.4. The molecule has 4 heteroatoms. The van der Waals surface area contributed by atoms with E-state index in [4.69, 9.17) is 4.84 Å². The van der Waals surface area contributed by atoms with E-state index in [1.807, 2.05) is 30.3 Å². The smallest absolute Gasteiger partial charge is 0.245 e. The number of ketones is 2. The molecule has 4 nitrogen and oxygen atoms in total. The van der Waals surface area contributed by atoms with Crippen molar-refractivity contribution in [2.24, 2.45) is 5.16 Å². The van der Waals surface area contributed by atoms with E-state index in [0.29, 0.717) is 0 Å². The fourth-order valence-electron chi connectivity index (χ4n) is 1.18. The predicted octanol–water partition coefficient (Wildman–Crippen LogP) is 2.13. The first-order valence-corrected chi connectivity index (χ1v) is 5.43. The average Bonchev–Trinajstić information content (AvgIpc) is 2.38. The molecule has 0 aromatic heterocycles. The molecule has 0 unspecified atom stereocenters. The SMILES string of the molecule is CCC(=O)C(=O)/C(C)=N/OCc1ccccc1. The lowest BCUT2D eigenvalue weighted by Gasteiger charge is -2.01. The molecule has 0 radical (unpaired) electrons. The fraction of sp³-hybridized carbons (Fsp3) is 0.308. The minimum absolute atomic E-state index is 0.0905. The van der Waals surface area contributed by atoms with Crippen LogP contribution in [0.1, 0.15) is 25.8 Å². The van der Waals surface area contributed by atoms with Crippen LogP contribution < -0.4 is 0 Å². The third-order valence-corrected chi connectivity index (χ3v) is 2.18. The zero-order valence-electron chi connectivity index (χ0n) is 9.97. The molecule has 0 saturated heterocycles. The Hall–Kier alpha value is -1.97. The molecule has 17 heavy (non-hydrogen) atoms. The van der Waals surface area contributed by atoms with Gasteiger partial charge in [0.1, 0.15) is 12.3 Å². The predicted molar refractivity (Wildman–Crippen MR) is 64.6 cm³/mol. The van der Waals surface area contributed by atoms with E-state index in [-0.39, 0.29) is 18.7 Å². The molecule has 0 saturated carbocycles. The number of nitrogens with zero attached hydrogens (tertiary/aromatic N) is 1. The standard InChI is InChI=1S/C13H15NO3/c1-3-12(15)13(16)10(2)14-17-9-11-7-5-4-6-8-11/h4-8H,3,9H2,1-2H3/b14-10+. The van der Waals surface area contributed by atoms with Crippen molar-refractivity contribution in [3.63, 3.8) is 0 Å². The van der Waals surface area contributed by atoms with E-state index in [9.17, 15) is 9.59 Å². The summed E-state index contributed by atoms with van der Waals surface area (Å²) in [5, 5.41) is 3.63. The second kappa shape index (κ2) is 6.58. The van der Waals surface area contributed by atoms with Crippen LogP contribution in [0.15, 0.2) is 35.5 Å². The van der Waals surface area contributed by atoms with Gasteiger partial charge in [-0.1, -0.05) is 42.4 Å². The number of carbonyl (C=O) groups is 2. The lowest BCUT2D eigenvalue weighted by atomic mass is 10.1. The van der Waals surface area contributed by atoms with Gasteiger partial charge in [0.2, 0.25) is 11.6 Å². The third kappa shape index (κ3) is 4.18. The van der Waals surface area contributed by atoms with Gasteiger partial charge in [-0.2, -0.15) is 0 Å². The van der Waals surface area contributed by atoms with Gasteiger partial charge >= 0.3 is 0 Å². The Balaban J connectivity index is 2.49. The van der Waals surface area contributed by atoms with Crippen LogP contribution in [0, 0.1) is 0 Å². The molecular formula is C13H15NO3. The fourth-order valence-corrected chi connectivity index (χ4v) is 1.18. The number of Topliss-reactive ketones (excluding diaryl/α,β-unsaturated/α-hetero) is 2. The second-order valence-electron chi connectivity index (χ2n) is 3.54. The minimum atomic E-state index is -0.583. The van der Waals surface area contributed by atoms with Gasteiger partial charge in [0.15, 0.2) is 0 Å². The number of oxime groups is 1. The molecule has 0 bridgehead atoms. The van der Waals surface area contributed by atoms with Gasteiger partial charge in [-0.15, -0.1) is 0 Å². The quantitative estimate of drug-likeness (QED) is 0.429. The largest absolute Gasteiger partial charge is 0.391 e. The third-order valence-electron chi connectivity index (χ3n) is 2.18. The van der Waals surface area contributed by atoms with Gasteiger partial charge in [0, 0.05) is 6.42 Å². The van der Waals surface area contributed by atoms with Crippen LogP contribution in [-0.4, -0.2) is 17.3 Å². The Morgan fingerprint density at radius 3 is 2.47 bits per heavy atom. The number of carbonyl (C=O) groups excluding carboxylic acids is 2. The summed E-state index contributed by atoms with van der Waals surface area (Å²) in [6.07, 6.45) is 0.185. The van der Waals surface area contributed by atoms with Crippen LogP contribution >= 0.6 is 0 Å². The Labute approximate surface area is 100 Å². The van der Waals surface area contributed by atoms with Crippen molar-refractivity contribution in [3.05, 3.63) is 35.9 Å². The van der Waals surface area contributed by atoms with Crippen molar-refractivity contribution in [1.82, 2.24) is 0 Å². The van der Waals surface area contributed by atoms with Crippen molar-refractivity contribution in [2.75, 3.05) is 0 Å². The van der Waals surface area contributed by atoms with Gasteiger partial charge in [-0.05, 0) is 12.5 Å². The van der Waals surface area contributed by atoms with Crippen LogP contribution in [0.3, 0.4) is 0 Å². The van der Waals surface area contributed by atoms with Gasteiger partial charge in [0.25, 0.3) is 0 Å². The molecule has 0 heterocycles. The number of hydrogen-bond donors (Lipinski definition) is 0. The van der Waals surface area contributed by atoms with Crippen molar-refractivity contribution < 1.29 is 14.4 Å². The van der Waals surface area contributed by atoms with E-state index < -0.39 is 11.6 Å². The maximum Gasteiger partial charge on any atom is 0.245 e. The molecule has 0 aliphatic rings. The molecule has 0 N–H and O–H groups in total. The summed E-state index contributed by atoms with van der Waals surface area (Å²) in [5.74, 6) is -1.03. The number of benzene rings is 1. The normalized spacial score (nSPS) is 11.1. The summed E-state index contributed by atoms with van der Waals surface area (Å²) >= 11 is 0. The highest BCUT2D eigenvalue weighted by atomic mass is 16.6. The molecule has 0 fully saturated rings. The lowest BCUT2D eigenvalue weighted by molar-refractivity contribution is -0.132. The molecule has 0 amide bonds. The first kappa shape index (κ1) is 13.1. The molecule has 1 rings (SSSR count). The summed E-state index contributed by atoms with van der Waals surface area (Å²) < 4.78 is 0. The van der Waals surface area contributed by atoms with Gasteiger partial charge in [0.05, 0.1) is 0 Å². The average molecular weight is 233 g/mol. The Morgan fingerprint density at radius 1 is 1.24 bits per heavy atom. The van der Waals surface area contributed by atoms with Crippen molar-refractivity contribution >= 4 is 17.3 Å². The summed E-state index contributed by atoms with van der Waals surface area (Å²) in [4.78, 5) is 27.5. The molecule has 0 aliphatic heterocycles. The molecule has 1 aromatic rings. The van der Waals surface area contributed by atoms with Crippen LogP contribution in [0.2, 0.25) is 0 Å². The van der Waals surface area contributed by atoms with Crippen LogP contribution in [0.5, 0.6) is 0 Å². The van der Waals surface area contributed by atoms with Gasteiger partial charge in [-0.3, -0.25) is 9.59 Å². The zero-order chi connectivity index (χ0) is 12.7. The summed E-state index contributed by atoms with van der Waals surface area (Å²) in [7, 11) is 0. The van der Waals surface area contributed by atoms with Crippen LogP contribution in [-0.2, 0) is 21.0 Å². The molecular weight excluding hydrogens is 218 g/mol. The van der Waals surface area contributed by atoms with Crippen molar-refractivity contribution in [2.45, 2.75) is 26.9 Å². The molecule has 1 aromatic carbocycles. The zero-order valence-corrected chi connectivity index (χ0v) is 9.97. The van der Waals surface area contributed by atoms with Crippen molar-refractivity contribution in [1.29, 1.82) is 0 Å². The second-order valence-corrected chi connectivity index (χ2v) is 3.54. The number of hydrogen-bond acceptors (Lipinski definition) is 4. The topological polar surface area (TPSA) is 55.7 Å². The first-order valence-electron chi connectivity index (χ1n) is 5.43. The summed E-state index contributed by atoms with van der Waals surface area (Å²) in [6, 6.07) is 9.47. The highest BCUT2D eigenvalue weighted by Crippen LogP contribution is 2.01. The molecule has 0 aliphatic carbocycles. The Morgan fingerprint density at radius 2 is 1.88 bits per heavy atom. The van der Waals surface area contributed by atoms with E-state index >= 15 is 0 Å². The highest BCUT2D eigenvalue weighted by molar-refractivity contribution is 6.64.